The number of carbonyl (C=O) groups excluding carboxylic acids is 2. The number of piperidine rings is 1. The summed E-state index contributed by atoms with van der Waals surface area (Å²) in [5.41, 5.74) is -0.568. The average Bonchev–Trinajstić information content (AvgIpc) is 3.22. The van der Waals surface area contributed by atoms with Gasteiger partial charge in [-0.1, -0.05) is 5.16 Å². The molecule has 0 unspecified atom stereocenters. The van der Waals surface area contributed by atoms with Gasteiger partial charge in [0.05, 0.1) is 28.3 Å². The Kier molecular flexibility index (Phi) is 4.74. The van der Waals surface area contributed by atoms with Crippen LogP contribution in [0.25, 0.3) is 11.1 Å². The van der Waals surface area contributed by atoms with Crippen molar-refractivity contribution in [2.24, 2.45) is 5.92 Å². The number of halogens is 3. The summed E-state index contributed by atoms with van der Waals surface area (Å²) >= 11 is 0. The van der Waals surface area contributed by atoms with E-state index in [-0.39, 0.29) is 53.2 Å². The zero-order valence-electron chi connectivity index (χ0n) is 16.1. The van der Waals surface area contributed by atoms with Crippen LogP contribution in [0.5, 0.6) is 0 Å². The minimum Gasteiger partial charge on any atom is -0.345 e. The third-order valence-corrected chi connectivity index (χ3v) is 5.78. The molecule has 4 heterocycles. The zero-order valence-corrected chi connectivity index (χ0v) is 16.1. The van der Waals surface area contributed by atoms with Crippen LogP contribution in [0.2, 0.25) is 0 Å². The number of hydrogen-bond donors (Lipinski definition) is 0. The number of alkyl halides is 3. The van der Waals surface area contributed by atoms with Crippen LogP contribution in [0.15, 0.2) is 10.6 Å². The summed E-state index contributed by atoms with van der Waals surface area (Å²) in [6.07, 6.45) is -3.11. The van der Waals surface area contributed by atoms with Crippen molar-refractivity contribution in [3.05, 3.63) is 23.0 Å². The van der Waals surface area contributed by atoms with Crippen molar-refractivity contribution in [1.82, 2.24) is 19.9 Å². The third kappa shape index (κ3) is 3.56. The average molecular weight is 410 g/mol. The van der Waals surface area contributed by atoms with Gasteiger partial charge in [0.15, 0.2) is 0 Å². The Bertz CT molecular complexity index is 971. The van der Waals surface area contributed by atoms with E-state index in [2.05, 4.69) is 10.1 Å². The number of fused-ring (bicyclic) bond motifs is 1. The standard InChI is InChI=1S/C19H21F3N4O3/c1-10-16-13(19(20,21)22)7-14(23-17(16)29-24-10)11-4-3-5-26(9-11)18(28)12-6-15(27)25(2)8-12/h7,11-12H,3-6,8-9H2,1-2H3/t11-,12+/m1/s1. The molecular weight excluding hydrogens is 389 g/mol. The summed E-state index contributed by atoms with van der Waals surface area (Å²) < 4.78 is 45.8. The number of rotatable bonds is 2. The maximum Gasteiger partial charge on any atom is 0.417 e. The highest BCUT2D eigenvalue weighted by molar-refractivity contribution is 5.89. The Morgan fingerprint density at radius 1 is 1.31 bits per heavy atom. The van der Waals surface area contributed by atoms with Crippen molar-refractivity contribution in [2.75, 3.05) is 26.7 Å². The first-order valence-corrected chi connectivity index (χ1v) is 9.52. The van der Waals surface area contributed by atoms with Gasteiger partial charge in [-0.2, -0.15) is 13.2 Å². The van der Waals surface area contributed by atoms with E-state index in [9.17, 15) is 22.8 Å². The summed E-state index contributed by atoms with van der Waals surface area (Å²) in [6, 6.07) is 1.05. The van der Waals surface area contributed by atoms with E-state index in [4.69, 9.17) is 4.52 Å². The fraction of sp³-hybridized carbons (Fsp3) is 0.579. The SMILES string of the molecule is Cc1noc2nc([C@@H]3CCCN(C(=O)[C@H]4CC(=O)N(C)C4)C3)cc(C(F)(F)F)c12. The summed E-state index contributed by atoms with van der Waals surface area (Å²) in [5, 5.41) is 3.50. The lowest BCUT2D eigenvalue weighted by Gasteiger charge is -2.34. The van der Waals surface area contributed by atoms with Gasteiger partial charge in [0.2, 0.25) is 11.8 Å². The van der Waals surface area contributed by atoms with Crippen LogP contribution in [0.3, 0.4) is 0 Å². The van der Waals surface area contributed by atoms with Crippen molar-refractivity contribution in [3.8, 4) is 0 Å². The zero-order chi connectivity index (χ0) is 20.9. The van der Waals surface area contributed by atoms with E-state index in [0.29, 0.717) is 25.9 Å². The van der Waals surface area contributed by atoms with E-state index >= 15 is 0 Å². The molecule has 4 rings (SSSR count). The number of aromatic nitrogens is 2. The molecule has 0 aliphatic carbocycles. The van der Waals surface area contributed by atoms with Crippen LogP contribution in [0, 0.1) is 12.8 Å². The molecule has 2 aromatic rings. The molecule has 2 aromatic heterocycles. The van der Waals surface area contributed by atoms with Gasteiger partial charge in [0.1, 0.15) is 0 Å². The van der Waals surface area contributed by atoms with E-state index < -0.39 is 17.7 Å². The lowest BCUT2D eigenvalue weighted by atomic mass is 9.91. The molecule has 29 heavy (non-hydrogen) atoms. The quantitative estimate of drug-likeness (QED) is 0.761. The Labute approximate surface area is 164 Å². The van der Waals surface area contributed by atoms with Crippen LogP contribution in [0.1, 0.15) is 42.1 Å². The minimum atomic E-state index is -4.56. The molecule has 2 aliphatic heterocycles. The van der Waals surface area contributed by atoms with Crippen LogP contribution in [0.4, 0.5) is 13.2 Å². The topological polar surface area (TPSA) is 79.5 Å². The second-order valence-electron chi connectivity index (χ2n) is 7.84. The predicted octanol–water partition coefficient (Wildman–Crippen LogP) is 2.73. The molecule has 0 aromatic carbocycles. The molecule has 2 saturated heterocycles. The molecule has 156 valence electrons. The van der Waals surface area contributed by atoms with Gasteiger partial charge in [-0.3, -0.25) is 9.59 Å². The van der Waals surface area contributed by atoms with E-state index in [1.54, 1.807) is 11.9 Å². The minimum absolute atomic E-state index is 0.0699. The van der Waals surface area contributed by atoms with E-state index in [1.807, 2.05) is 0 Å². The van der Waals surface area contributed by atoms with Crippen LogP contribution in [-0.4, -0.2) is 58.4 Å². The molecule has 7 nitrogen and oxygen atoms in total. The van der Waals surface area contributed by atoms with Crippen molar-refractivity contribution in [3.63, 3.8) is 0 Å². The molecule has 2 amide bonds. The van der Waals surface area contributed by atoms with Gasteiger partial charge in [0, 0.05) is 39.0 Å². The van der Waals surface area contributed by atoms with E-state index in [1.165, 1.54) is 11.8 Å². The maximum absolute atomic E-state index is 13.6. The highest BCUT2D eigenvalue weighted by Crippen LogP contribution is 2.38. The summed E-state index contributed by atoms with van der Waals surface area (Å²) in [7, 11) is 1.66. The first kappa shape index (κ1) is 19.7. The lowest BCUT2D eigenvalue weighted by molar-refractivity contribution is -0.137. The molecule has 2 fully saturated rings. The van der Waals surface area contributed by atoms with E-state index in [0.717, 1.165) is 6.07 Å². The van der Waals surface area contributed by atoms with Crippen molar-refractivity contribution in [2.45, 2.75) is 38.3 Å². The molecule has 0 radical (unpaired) electrons. The number of nitrogens with zero attached hydrogens (tertiary/aromatic N) is 4. The molecule has 0 spiro atoms. The monoisotopic (exact) mass is 410 g/mol. The van der Waals surface area contributed by atoms with Crippen LogP contribution < -0.4 is 0 Å². The van der Waals surface area contributed by atoms with Crippen LogP contribution in [-0.2, 0) is 15.8 Å². The van der Waals surface area contributed by atoms with Gasteiger partial charge >= 0.3 is 6.18 Å². The first-order valence-electron chi connectivity index (χ1n) is 9.52. The summed E-state index contributed by atoms with van der Waals surface area (Å²) in [6.45, 7) is 2.62. The molecule has 10 heteroatoms. The normalized spacial score (nSPS) is 23.3. The smallest absolute Gasteiger partial charge is 0.345 e. The molecule has 0 bridgehead atoms. The van der Waals surface area contributed by atoms with Crippen LogP contribution >= 0.6 is 0 Å². The highest BCUT2D eigenvalue weighted by atomic mass is 19.4. The van der Waals surface area contributed by atoms with Crippen molar-refractivity contribution >= 4 is 22.9 Å². The molecular formula is C19H21F3N4O3. The Hall–Kier alpha value is -2.65. The number of aryl methyl sites for hydroxylation is 1. The third-order valence-electron chi connectivity index (χ3n) is 5.78. The lowest BCUT2D eigenvalue weighted by Crippen LogP contribution is -2.43. The second kappa shape index (κ2) is 7.00. The molecule has 2 atom stereocenters. The number of pyridine rings is 1. The number of hydrogen-bond acceptors (Lipinski definition) is 5. The molecule has 0 saturated carbocycles. The predicted molar refractivity (Wildman–Crippen MR) is 95.8 cm³/mol. The molecule has 2 aliphatic rings. The van der Waals surface area contributed by atoms with Gasteiger partial charge in [0.25, 0.3) is 5.71 Å². The van der Waals surface area contributed by atoms with Gasteiger partial charge in [-0.25, -0.2) is 4.98 Å². The number of amides is 2. The largest absolute Gasteiger partial charge is 0.417 e. The van der Waals surface area contributed by atoms with Gasteiger partial charge in [-0.15, -0.1) is 0 Å². The number of carbonyl (C=O) groups is 2. The van der Waals surface area contributed by atoms with Crippen molar-refractivity contribution < 1.29 is 27.3 Å². The Morgan fingerprint density at radius 3 is 2.72 bits per heavy atom. The maximum atomic E-state index is 13.6. The summed E-state index contributed by atoms with van der Waals surface area (Å²) in [5.74, 6) is -0.928. The Morgan fingerprint density at radius 2 is 2.07 bits per heavy atom. The Balaban J connectivity index is 1.61. The fourth-order valence-corrected chi connectivity index (χ4v) is 4.25. The van der Waals surface area contributed by atoms with Crippen molar-refractivity contribution in [1.29, 1.82) is 0 Å². The van der Waals surface area contributed by atoms with Gasteiger partial charge < -0.3 is 14.3 Å². The fourth-order valence-electron chi connectivity index (χ4n) is 4.25. The molecule has 0 N–H and O–H groups in total. The first-order chi connectivity index (χ1) is 13.6. The summed E-state index contributed by atoms with van der Waals surface area (Å²) in [4.78, 5) is 32.0. The second-order valence-corrected chi connectivity index (χ2v) is 7.84. The number of likely N-dealkylation sites (tertiary alicyclic amines) is 2. The highest BCUT2D eigenvalue weighted by Gasteiger charge is 2.39. The van der Waals surface area contributed by atoms with Gasteiger partial charge in [-0.05, 0) is 25.8 Å².